The molecule has 1 N–H and O–H groups in total. The monoisotopic (exact) mass is 257 g/mol. The maximum Gasteiger partial charge on any atom is 0.310 e. The van der Waals surface area contributed by atoms with Gasteiger partial charge in [0.15, 0.2) is 0 Å². The summed E-state index contributed by atoms with van der Waals surface area (Å²) in [7, 11) is 0. The minimum atomic E-state index is -0.658. The van der Waals surface area contributed by atoms with E-state index in [0.29, 0.717) is 6.54 Å². The molecule has 1 rings (SSSR count). The number of carbonyl (C=O) groups is 1. The Bertz CT molecular complexity index is 298. The molecule has 1 fully saturated rings. The zero-order valence-corrected chi connectivity index (χ0v) is 12.3. The van der Waals surface area contributed by atoms with Gasteiger partial charge in [0.05, 0.1) is 11.0 Å². The molecule has 0 aromatic heterocycles. The van der Waals surface area contributed by atoms with Crippen molar-refractivity contribution in [2.45, 2.75) is 65.7 Å². The predicted octanol–water partition coefficient (Wildman–Crippen LogP) is 2.72. The van der Waals surface area contributed by atoms with Crippen LogP contribution in [0, 0.1) is 5.41 Å². The van der Waals surface area contributed by atoms with Crippen LogP contribution in [0.1, 0.15) is 53.9 Å². The minimum absolute atomic E-state index is 0.0249. The number of carboxylic acid groups (broad SMARTS) is 1. The summed E-state index contributed by atoms with van der Waals surface area (Å²) in [6.45, 7) is 11.5. The molecule has 0 saturated carbocycles. The maximum atomic E-state index is 11.5. The van der Waals surface area contributed by atoms with Gasteiger partial charge in [-0.3, -0.25) is 9.69 Å². The molecule has 4 nitrogen and oxygen atoms in total. The van der Waals surface area contributed by atoms with Crippen LogP contribution in [0.4, 0.5) is 0 Å². The van der Waals surface area contributed by atoms with Crippen molar-refractivity contribution in [2.24, 2.45) is 5.41 Å². The van der Waals surface area contributed by atoms with Gasteiger partial charge in [-0.05, 0) is 40.5 Å². The second-order valence-corrected chi connectivity index (χ2v) is 6.39. The van der Waals surface area contributed by atoms with Crippen molar-refractivity contribution in [3.05, 3.63) is 0 Å². The largest absolute Gasteiger partial charge is 0.481 e. The number of aliphatic carboxylic acids is 1. The molecule has 1 aliphatic rings. The average molecular weight is 257 g/mol. The summed E-state index contributed by atoms with van der Waals surface area (Å²) in [4.78, 5) is 13.6. The van der Waals surface area contributed by atoms with Crippen molar-refractivity contribution in [1.29, 1.82) is 0 Å². The van der Waals surface area contributed by atoms with E-state index in [9.17, 15) is 9.90 Å². The summed E-state index contributed by atoms with van der Waals surface area (Å²) in [5, 5.41) is 9.46. The average Bonchev–Trinajstić information content (AvgIpc) is 2.61. The number of ether oxygens (including phenoxy) is 1. The molecule has 0 radical (unpaired) electrons. The van der Waals surface area contributed by atoms with Crippen molar-refractivity contribution in [1.82, 2.24) is 4.90 Å². The molecule has 0 bridgehead atoms. The highest BCUT2D eigenvalue weighted by Gasteiger charge is 2.45. The molecule has 0 aromatic rings. The topological polar surface area (TPSA) is 49.8 Å². The summed E-state index contributed by atoms with van der Waals surface area (Å²) in [5.41, 5.74) is -0.761. The Hall–Kier alpha value is -0.610. The fourth-order valence-corrected chi connectivity index (χ4v) is 2.77. The number of rotatable bonds is 5. The smallest absolute Gasteiger partial charge is 0.310 e. The van der Waals surface area contributed by atoms with Gasteiger partial charge >= 0.3 is 5.97 Å². The molecular formula is C14H27NO3. The Morgan fingerprint density at radius 1 is 1.50 bits per heavy atom. The van der Waals surface area contributed by atoms with Crippen LogP contribution < -0.4 is 0 Å². The molecule has 4 heteroatoms. The Kier molecular flexibility index (Phi) is 4.78. The molecule has 0 spiro atoms. The lowest BCUT2D eigenvalue weighted by atomic mass is 9.83. The highest BCUT2D eigenvalue weighted by atomic mass is 16.5. The summed E-state index contributed by atoms with van der Waals surface area (Å²) in [6, 6.07) is 0. The van der Waals surface area contributed by atoms with Crippen LogP contribution in [0.2, 0.25) is 0 Å². The van der Waals surface area contributed by atoms with E-state index in [1.165, 1.54) is 0 Å². The third kappa shape index (κ3) is 3.69. The first-order valence-electron chi connectivity index (χ1n) is 6.85. The van der Waals surface area contributed by atoms with Gasteiger partial charge in [-0.25, -0.2) is 0 Å². The molecular weight excluding hydrogens is 230 g/mol. The molecule has 18 heavy (non-hydrogen) atoms. The van der Waals surface area contributed by atoms with Crippen LogP contribution in [-0.4, -0.2) is 40.9 Å². The van der Waals surface area contributed by atoms with Crippen LogP contribution in [0.15, 0.2) is 0 Å². The second kappa shape index (κ2) is 5.57. The van der Waals surface area contributed by atoms with Gasteiger partial charge in [-0.2, -0.15) is 0 Å². The highest BCUT2D eigenvalue weighted by Crippen LogP contribution is 2.37. The lowest BCUT2D eigenvalue weighted by molar-refractivity contribution is -0.150. The van der Waals surface area contributed by atoms with Crippen LogP contribution in [0.5, 0.6) is 0 Å². The fourth-order valence-electron chi connectivity index (χ4n) is 2.77. The van der Waals surface area contributed by atoms with Gasteiger partial charge in [0, 0.05) is 13.1 Å². The van der Waals surface area contributed by atoms with Crippen molar-refractivity contribution >= 4 is 5.97 Å². The number of hydrogen-bond donors (Lipinski definition) is 1. The van der Waals surface area contributed by atoms with Gasteiger partial charge in [0.25, 0.3) is 0 Å². The van der Waals surface area contributed by atoms with Crippen LogP contribution >= 0.6 is 0 Å². The summed E-state index contributed by atoms with van der Waals surface area (Å²) in [6.07, 6.45) is 2.37. The van der Waals surface area contributed by atoms with Gasteiger partial charge in [-0.15, -0.1) is 0 Å². The van der Waals surface area contributed by atoms with E-state index in [4.69, 9.17) is 4.74 Å². The first kappa shape index (κ1) is 15.4. The standard InChI is InChI=1S/C14H27NO3/c1-6-7-14(12(16)17)8-9-15(10-14)11(2)18-13(3,4)5/h11H,6-10H2,1-5H3,(H,16,17). The highest BCUT2D eigenvalue weighted by molar-refractivity contribution is 5.75. The molecule has 2 unspecified atom stereocenters. The SMILES string of the molecule is CCCC1(C(=O)O)CCN(C(C)OC(C)(C)C)C1. The van der Waals surface area contributed by atoms with E-state index < -0.39 is 11.4 Å². The first-order valence-corrected chi connectivity index (χ1v) is 6.85. The predicted molar refractivity (Wildman–Crippen MR) is 71.5 cm³/mol. The zero-order chi connectivity index (χ0) is 14.0. The Morgan fingerprint density at radius 3 is 2.56 bits per heavy atom. The first-order chi connectivity index (χ1) is 8.20. The number of hydrogen-bond acceptors (Lipinski definition) is 3. The molecule has 1 heterocycles. The van der Waals surface area contributed by atoms with Crippen molar-refractivity contribution in [3.63, 3.8) is 0 Å². The fraction of sp³-hybridized carbons (Fsp3) is 0.929. The van der Waals surface area contributed by atoms with Gasteiger partial charge in [0.2, 0.25) is 0 Å². The van der Waals surface area contributed by atoms with E-state index in [1.807, 2.05) is 34.6 Å². The molecule has 106 valence electrons. The molecule has 1 saturated heterocycles. The van der Waals surface area contributed by atoms with E-state index >= 15 is 0 Å². The van der Waals surface area contributed by atoms with Gasteiger partial charge < -0.3 is 9.84 Å². The molecule has 0 amide bonds. The summed E-state index contributed by atoms with van der Waals surface area (Å²) < 4.78 is 5.91. The summed E-state index contributed by atoms with van der Waals surface area (Å²) in [5.74, 6) is -0.658. The molecule has 0 aliphatic carbocycles. The Balaban J connectivity index is 2.66. The zero-order valence-electron chi connectivity index (χ0n) is 12.3. The van der Waals surface area contributed by atoms with Gasteiger partial charge in [0.1, 0.15) is 6.23 Å². The van der Waals surface area contributed by atoms with E-state index in [-0.39, 0.29) is 11.8 Å². The third-order valence-electron chi connectivity index (χ3n) is 3.60. The Morgan fingerprint density at radius 2 is 2.11 bits per heavy atom. The third-order valence-corrected chi connectivity index (χ3v) is 3.60. The molecule has 2 atom stereocenters. The van der Waals surface area contributed by atoms with E-state index in [0.717, 1.165) is 25.8 Å². The Labute approximate surface area is 110 Å². The van der Waals surface area contributed by atoms with E-state index in [2.05, 4.69) is 4.90 Å². The van der Waals surface area contributed by atoms with Gasteiger partial charge in [-0.1, -0.05) is 13.3 Å². The number of nitrogens with zero attached hydrogens (tertiary/aromatic N) is 1. The lowest BCUT2D eigenvalue weighted by Crippen LogP contribution is -2.41. The lowest BCUT2D eigenvalue weighted by Gasteiger charge is -2.32. The van der Waals surface area contributed by atoms with Crippen LogP contribution in [0.25, 0.3) is 0 Å². The van der Waals surface area contributed by atoms with E-state index in [1.54, 1.807) is 0 Å². The molecule has 0 aromatic carbocycles. The quantitative estimate of drug-likeness (QED) is 0.822. The number of carboxylic acids is 1. The second-order valence-electron chi connectivity index (χ2n) is 6.39. The normalized spacial score (nSPS) is 27.4. The van der Waals surface area contributed by atoms with Crippen molar-refractivity contribution < 1.29 is 14.6 Å². The van der Waals surface area contributed by atoms with Crippen LogP contribution in [-0.2, 0) is 9.53 Å². The minimum Gasteiger partial charge on any atom is -0.481 e. The summed E-state index contributed by atoms with van der Waals surface area (Å²) >= 11 is 0. The van der Waals surface area contributed by atoms with Crippen LogP contribution in [0.3, 0.4) is 0 Å². The maximum absolute atomic E-state index is 11.5. The van der Waals surface area contributed by atoms with Crippen molar-refractivity contribution in [3.8, 4) is 0 Å². The molecule has 1 aliphatic heterocycles. The number of likely N-dealkylation sites (tertiary alicyclic amines) is 1. The van der Waals surface area contributed by atoms with Crippen molar-refractivity contribution in [2.75, 3.05) is 13.1 Å².